The van der Waals surface area contributed by atoms with Gasteiger partial charge in [-0.05, 0) is 32.3 Å². The number of anilines is 1. The van der Waals surface area contributed by atoms with Crippen molar-refractivity contribution < 1.29 is 4.79 Å². The standard InChI is InChI=1S/C17H26N6O/c1-11-13(7-12(18)8-19-11)23-9-14(21-22-23)17(5,6)15(24)20-10-16(2,3)4/h7-9H,10,18H2,1-6H3,(H,20,24). The van der Waals surface area contributed by atoms with Crippen LogP contribution in [0.2, 0.25) is 0 Å². The first-order valence-corrected chi connectivity index (χ1v) is 7.94. The second kappa shape index (κ2) is 6.22. The first-order valence-electron chi connectivity index (χ1n) is 7.94. The smallest absolute Gasteiger partial charge is 0.231 e. The molecule has 0 saturated carbocycles. The fourth-order valence-corrected chi connectivity index (χ4v) is 2.12. The van der Waals surface area contributed by atoms with Crippen LogP contribution in [0.25, 0.3) is 5.69 Å². The van der Waals surface area contributed by atoms with Crippen LogP contribution in [-0.4, -0.2) is 32.4 Å². The lowest BCUT2D eigenvalue weighted by Crippen LogP contribution is -2.43. The molecule has 0 atom stereocenters. The Bertz CT molecular complexity index is 742. The molecule has 2 aromatic rings. The number of nitrogens with zero attached hydrogens (tertiary/aromatic N) is 4. The first kappa shape index (κ1) is 17.9. The van der Waals surface area contributed by atoms with E-state index in [1.54, 1.807) is 23.1 Å². The molecule has 0 saturated heterocycles. The number of hydrogen-bond acceptors (Lipinski definition) is 5. The van der Waals surface area contributed by atoms with Crippen molar-refractivity contribution in [2.24, 2.45) is 5.41 Å². The van der Waals surface area contributed by atoms with Crippen LogP contribution in [0.5, 0.6) is 0 Å². The Morgan fingerprint density at radius 1 is 1.29 bits per heavy atom. The summed E-state index contributed by atoms with van der Waals surface area (Å²) in [6.07, 6.45) is 3.35. The van der Waals surface area contributed by atoms with Gasteiger partial charge < -0.3 is 11.1 Å². The van der Waals surface area contributed by atoms with Crippen LogP contribution in [0.1, 0.15) is 46.0 Å². The largest absolute Gasteiger partial charge is 0.397 e. The Balaban J connectivity index is 2.25. The molecule has 2 aromatic heterocycles. The van der Waals surface area contributed by atoms with Crippen LogP contribution < -0.4 is 11.1 Å². The molecule has 0 aliphatic carbocycles. The second-order valence-electron chi connectivity index (χ2n) is 7.79. The van der Waals surface area contributed by atoms with E-state index in [4.69, 9.17) is 5.73 Å². The van der Waals surface area contributed by atoms with Crippen LogP contribution in [0.15, 0.2) is 18.5 Å². The molecule has 0 aliphatic heterocycles. The minimum absolute atomic E-state index is 0.0215. The summed E-state index contributed by atoms with van der Waals surface area (Å²) in [6.45, 7) is 12.4. The van der Waals surface area contributed by atoms with Crippen molar-refractivity contribution in [1.29, 1.82) is 0 Å². The van der Waals surface area contributed by atoms with Crippen LogP contribution >= 0.6 is 0 Å². The van der Waals surface area contributed by atoms with Crippen molar-refractivity contribution in [3.8, 4) is 5.69 Å². The van der Waals surface area contributed by atoms with Gasteiger partial charge in [-0.1, -0.05) is 26.0 Å². The molecule has 0 fully saturated rings. The number of amides is 1. The second-order valence-corrected chi connectivity index (χ2v) is 7.79. The molecule has 0 radical (unpaired) electrons. The van der Waals surface area contributed by atoms with E-state index in [-0.39, 0.29) is 11.3 Å². The van der Waals surface area contributed by atoms with E-state index in [0.29, 0.717) is 17.9 Å². The van der Waals surface area contributed by atoms with E-state index >= 15 is 0 Å². The SMILES string of the molecule is Cc1ncc(N)cc1-n1cc(C(C)(C)C(=O)NCC(C)(C)C)nn1. The third-order valence-electron chi connectivity index (χ3n) is 3.81. The van der Waals surface area contributed by atoms with Crippen molar-refractivity contribution in [2.75, 3.05) is 12.3 Å². The summed E-state index contributed by atoms with van der Waals surface area (Å²) in [5.74, 6) is -0.0769. The molecule has 3 N–H and O–H groups in total. The maximum Gasteiger partial charge on any atom is 0.231 e. The van der Waals surface area contributed by atoms with Gasteiger partial charge in [0.25, 0.3) is 0 Å². The van der Waals surface area contributed by atoms with Crippen molar-refractivity contribution >= 4 is 11.6 Å². The summed E-state index contributed by atoms with van der Waals surface area (Å²) >= 11 is 0. The highest BCUT2D eigenvalue weighted by Gasteiger charge is 2.33. The Morgan fingerprint density at radius 2 is 1.96 bits per heavy atom. The molecule has 130 valence electrons. The molecule has 2 heterocycles. The summed E-state index contributed by atoms with van der Waals surface area (Å²) in [7, 11) is 0. The van der Waals surface area contributed by atoms with Crippen LogP contribution in [0.4, 0.5) is 5.69 Å². The minimum Gasteiger partial charge on any atom is -0.397 e. The molecular weight excluding hydrogens is 304 g/mol. The summed E-state index contributed by atoms with van der Waals surface area (Å²) in [4.78, 5) is 16.8. The number of nitrogen functional groups attached to an aromatic ring is 1. The van der Waals surface area contributed by atoms with Gasteiger partial charge in [0.05, 0.1) is 40.6 Å². The molecule has 7 heteroatoms. The number of aryl methyl sites for hydroxylation is 1. The number of rotatable bonds is 4. The zero-order chi connectivity index (χ0) is 18.1. The Labute approximate surface area is 142 Å². The van der Waals surface area contributed by atoms with E-state index in [0.717, 1.165) is 11.4 Å². The van der Waals surface area contributed by atoms with E-state index in [1.165, 1.54) is 0 Å². The molecular formula is C17H26N6O. The highest BCUT2D eigenvalue weighted by molar-refractivity contribution is 5.86. The van der Waals surface area contributed by atoms with Gasteiger partial charge in [0, 0.05) is 6.54 Å². The number of nitrogens with one attached hydrogen (secondary N) is 1. The number of nitrogens with two attached hydrogens (primary N) is 1. The summed E-state index contributed by atoms with van der Waals surface area (Å²) < 4.78 is 1.60. The van der Waals surface area contributed by atoms with Gasteiger partial charge >= 0.3 is 0 Å². The fourth-order valence-electron chi connectivity index (χ4n) is 2.12. The zero-order valence-electron chi connectivity index (χ0n) is 15.2. The monoisotopic (exact) mass is 330 g/mol. The summed E-state index contributed by atoms with van der Waals surface area (Å²) in [5, 5.41) is 11.3. The minimum atomic E-state index is -0.787. The quantitative estimate of drug-likeness (QED) is 0.893. The normalized spacial score (nSPS) is 12.2. The highest BCUT2D eigenvalue weighted by Crippen LogP contribution is 2.23. The number of aromatic nitrogens is 4. The Hall–Kier alpha value is -2.44. The average Bonchev–Trinajstić information content (AvgIpc) is 2.96. The molecule has 0 unspecified atom stereocenters. The average molecular weight is 330 g/mol. The van der Waals surface area contributed by atoms with E-state index in [2.05, 4.69) is 41.4 Å². The Kier molecular flexibility index (Phi) is 4.64. The molecule has 24 heavy (non-hydrogen) atoms. The van der Waals surface area contributed by atoms with Crippen molar-refractivity contribution in [3.63, 3.8) is 0 Å². The third-order valence-corrected chi connectivity index (χ3v) is 3.81. The van der Waals surface area contributed by atoms with Crippen LogP contribution in [0, 0.1) is 12.3 Å². The number of pyridine rings is 1. The van der Waals surface area contributed by atoms with Gasteiger partial charge in [0.15, 0.2) is 0 Å². The van der Waals surface area contributed by atoms with Gasteiger partial charge in [0.2, 0.25) is 5.91 Å². The first-order chi connectivity index (χ1) is 11.0. The predicted molar refractivity (Wildman–Crippen MR) is 93.8 cm³/mol. The van der Waals surface area contributed by atoms with Gasteiger partial charge in [-0.2, -0.15) is 0 Å². The van der Waals surface area contributed by atoms with E-state index in [1.807, 2.05) is 20.8 Å². The van der Waals surface area contributed by atoms with Gasteiger partial charge in [-0.15, -0.1) is 5.10 Å². The lowest BCUT2D eigenvalue weighted by atomic mass is 9.88. The molecule has 0 bridgehead atoms. The zero-order valence-corrected chi connectivity index (χ0v) is 15.2. The third kappa shape index (κ3) is 3.90. The summed E-state index contributed by atoms with van der Waals surface area (Å²) in [6, 6.07) is 1.79. The topological polar surface area (TPSA) is 98.7 Å². The van der Waals surface area contributed by atoms with Crippen molar-refractivity contribution in [2.45, 2.75) is 47.0 Å². The lowest BCUT2D eigenvalue weighted by molar-refractivity contribution is -0.126. The molecule has 0 spiro atoms. The number of carbonyl (C=O) groups excluding carboxylic acids is 1. The molecule has 1 amide bonds. The molecule has 7 nitrogen and oxygen atoms in total. The van der Waals surface area contributed by atoms with Crippen molar-refractivity contribution in [1.82, 2.24) is 25.3 Å². The van der Waals surface area contributed by atoms with Gasteiger partial charge in [-0.25, -0.2) is 4.68 Å². The van der Waals surface area contributed by atoms with E-state index < -0.39 is 5.41 Å². The summed E-state index contributed by atoms with van der Waals surface area (Å²) in [5.41, 5.74) is 7.71. The van der Waals surface area contributed by atoms with Gasteiger partial charge in [0.1, 0.15) is 0 Å². The van der Waals surface area contributed by atoms with Gasteiger partial charge in [-0.3, -0.25) is 9.78 Å². The molecule has 2 rings (SSSR count). The predicted octanol–water partition coefficient (Wildman–Crippen LogP) is 1.99. The van der Waals surface area contributed by atoms with Crippen molar-refractivity contribution in [3.05, 3.63) is 29.8 Å². The molecule has 0 aromatic carbocycles. The maximum atomic E-state index is 12.6. The fraction of sp³-hybridized carbons (Fsp3) is 0.529. The van der Waals surface area contributed by atoms with Crippen LogP contribution in [-0.2, 0) is 10.2 Å². The van der Waals surface area contributed by atoms with Crippen LogP contribution in [0.3, 0.4) is 0 Å². The lowest BCUT2D eigenvalue weighted by Gasteiger charge is -2.25. The Morgan fingerprint density at radius 3 is 2.58 bits per heavy atom. The van der Waals surface area contributed by atoms with E-state index in [9.17, 15) is 4.79 Å². The molecule has 0 aliphatic rings. The maximum absolute atomic E-state index is 12.6. The number of carbonyl (C=O) groups is 1. The number of hydrogen-bond donors (Lipinski definition) is 2. The highest BCUT2D eigenvalue weighted by atomic mass is 16.2.